The third-order valence-electron chi connectivity index (χ3n) is 5.09. The summed E-state index contributed by atoms with van der Waals surface area (Å²) in [7, 11) is -3.40. The molecule has 7 nitrogen and oxygen atoms in total. The van der Waals surface area contributed by atoms with Crippen molar-refractivity contribution < 1.29 is 27.1 Å². The number of hydrogen-bond donors (Lipinski definition) is 0. The molecule has 1 heterocycles. The normalized spacial score (nSPS) is 11.4. The van der Waals surface area contributed by atoms with Crippen LogP contribution in [0, 0.1) is 5.82 Å². The van der Waals surface area contributed by atoms with Crippen LogP contribution in [0.2, 0.25) is 0 Å². The van der Waals surface area contributed by atoms with E-state index < -0.39 is 15.7 Å². The van der Waals surface area contributed by atoms with Gasteiger partial charge in [0.05, 0.1) is 16.2 Å². The zero-order valence-corrected chi connectivity index (χ0v) is 19.5. The van der Waals surface area contributed by atoms with Gasteiger partial charge in [0.15, 0.2) is 21.4 Å². The molecule has 3 rings (SSSR count). The van der Waals surface area contributed by atoms with Gasteiger partial charge in [-0.05, 0) is 29.8 Å². The molecule has 0 fully saturated rings. The summed E-state index contributed by atoms with van der Waals surface area (Å²) in [6.45, 7) is 3.22. The minimum Gasteiger partial charge on any atom is -0.468 e. The lowest BCUT2D eigenvalue weighted by Gasteiger charge is -2.11. The lowest BCUT2D eigenvalue weighted by Crippen LogP contribution is -2.13. The molecule has 3 aromatic rings. The summed E-state index contributed by atoms with van der Waals surface area (Å²) < 4.78 is 44.6. The van der Waals surface area contributed by atoms with Crippen LogP contribution in [-0.4, -0.2) is 42.6 Å². The molecule has 0 aliphatic rings. The topological polar surface area (TPSA) is 95.3 Å². The molecule has 0 aliphatic heterocycles. The number of ether oxygens (including phenoxy) is 1. The third-order valence-corrected chi connectivity index (χ3v) is 6.22. The second kappa shape index (κ2) is 10.1. The van der Waals surface area contributed by atoms with Crippen molar-refractivity contribution in [1.82, 2.24) is 9.78 Å². The number of halogens is 1. The summed E-state index contributed by atoms with van der Waals surface area (Å²) in [6, 6.07) is 11.9. The SMILES string of the molecule is CCC(=O)COc1nn(CC(=O)CC)c(-c2ccc(S(C)(=O)=O)cc2)c1-c1ccc(F)cc1. The van der Waals surface area contributed by atoms with Gasteiger partial charge in [-0.3, -0.25) is 14.3 Å². The summed E-state index contributed by atoms with van der Waals surface area (Å²) in [6.07, 6.45) is 1.70. The van der Waals surface area contributed by atoms with E-state index >= 15 is 0 Å². The molecule has 9 heteroatoms. The number of nitrogens with zero attached hydrogens (tertiary/aromatic N) is 2. The fourth-order valence-electron chi connectivity index (χ4n) is 3.22. The van der Waals surface area contributed by atoms with E-state index in [0.717, 1.165) is 6.26 Å². The lowest BCUT2D eigenvalue weighted by atomic mass is 10.0. The van der Waals surface area contributed by atoms with Crippen LogP contribution in [0.25, 0.3) is 22.4 Å². The molecule has 0 bridgehead atoms. The lowest BCUT2D eigenvalue weighted by molar-refractivity contribution is -0.121. The number of benzene rings is 2. The standard InChI is InChI=1S/C24H25FN2O5S/c1-4-19(28)14-27-23(17-8-12-21(13-9-17)33(3,30)31)22(16-6-10-18(25)11-7-16)24(26-27)32-15-20(29)5-2/h6-13H,4-5,14-15H2,1-3H3. The van der Waals surface area contributed by atoms with Gasteiger partial charge in [-0.2, -0.15) is 0 Å². The van der Waals surface area contributed by atoms with Crippen LogP contribution >= 0.6 is 0 Å². The Labute approximate surface area is 192 Å². The van der Waals surface area contributed by atoms with Crippen molar-refractivity contribution in [3.63, 3.8) is 0 Å². The Balaban J connectivity index is 2.24. The Hall–Kier alpha value is -3.33. The highest BCUT2D eigenvalue weighted by atomic mass is 32.2. The molecule has 1 aromatic heterocycles. The Bertz CT molecular complexity index is 1260. The number of rotatable bonds is 10. The molecule has 0 amide bonds. The third kappa shape index (κ3) is 5.73. The molecule has 0 saturated heterocycles. The molecule has 0 saturated carbocycles. The molecule has 2 aromatic carbocycles. The van der Waals surface area contributed by atoms with E-state index in [-0.39, 0.29) is 35.5 Å². The van der Waals surface area contributed by atoms with E-state index in [1.165, 1.54) is 28.9 Å². The highest BCUT2D eigenvalue weighted by Gasteiger charge is 2.24. The molecular weight excluding hydrogens is 447 g/mol. The largest absolute Gasteiger partial charge is 0.468 e. The first-order valence-corrected chi connectivity index (χ1v) is 12.4. The van der Waals surface area contributed by atoms with Crippen LogP contribution in [0.3, 0.4) is 0 Å². The van der Waals surface area contributed by atoms with Gasteiger partial charge in [0.25, 0.3) is 0 Å². The molecule has 0 aliphatic carbocycles. The van der Waals surface area contributed by atoms with Crippen LogP contribution in [0.5, 0.6) is 5.88 Å². The van der Waals surface area contributed by atoms with Crippen LogP contribution in [-0.2, 0) is 26.0 Å². The number of Topliss-reactive ketones (excluding diaryl/α,β-unsaturated/α-hetero) is 2. The van der Waals surface area contributed by atoms with E-state index in [1.807, 2.05) is 0 Å². The first-order chi connectivity index (χ1) is 15.6. The molecule has 0 spiro atoms. The maximum atomic E-state index is 13.6. The number of carbonyl (C=O) groups excluding carboxylic acids is 2. The minimum atomic E-state index is -3.40. The van der Waals surface area contributed by atoms with Crippen molar-refractivity contribution in [3.05, 3.63) is 54.3 Å². The predicted molar refractivity (Wildman–Crippen MR) is 122 cm³/mol. The van der Waals surface area contributed by atoms with Gasteiger partial charge in [0.2, 0.25) is 5.88 Å². The van der Waals surface area contributed by atoms with Gasteiger partial charge >= 0.3 is 0 Å². The maximum Gasteiger partial charge on any atom is 0.241 e. The van der Waals surface area contributed by atoms with Crippen LogP contribution in [0.15, 0.2) is 53.4 Å². The van der Waals surface area contributed by atoms with Gasteiger partial charge in [-0.25, -0.2) is 12.8 Å². The predicted octanol–water partition coefficient (Wildman–Crippen LogP) is 4.10. The summed E-state index contributed by atoms with van der Waals surface area (Å²) in [4.78, 5) is 24.3. The van der Waals surface area contributed by atoms with Gasteiger partial charge in [-0.15, -0.1) is 5.10 Å². The average molecular weight is 473 g/mol. The quantitative estimate of drug-likeness (QED) is 0.441. The first-order valence-electron chi connectivity index (χ1n) is 10.5. The zero-order valence-electron chi connectivity index (χ0n) is 18.7. The second-order valence-corrected chi connectivity index (χ2v) is 9.58. The number of carbonyl (C=O) groups is 2. The van der Waals surface area contributed by atoms with Crippen molar-refractivity contribution >= 4 is 21.4 Å². The summed E-state index contributed by atoms with van der Waals surface area (Å²) in [5.74, 6) is -0.490. The van der Waals surface area contributed by atoms with Crippen molar-refractivity contribution in [2.75, 3.05) is 12.9 Å². The Kier molecular flexibility index (Phi) is 7.43. The monoisotopic (exact) mass is 472 g/mol. The average Bonchev–Trinajstić information content (AvgIpc) is 3.15. The van der Waals surface area contributed by atoms with E-state index in [4.69, 9.17) is 4.74 Å². The van der Waals surface area contributed by atoms with Crippen LogP contribution in [0.4, 0.5) is 4.39 Å². The van der Waals surface area contributed by atoms with Crippen molar-refractivity contribution in [2.24, 2.45) is 0 Å². The van der Waals surface area contributed by atoms with Gasteiger partial charge < -0.3 is 4.74 Å². The highest BCUT2D eigenvalue weighted by molar-refractivity contribution is 7.90. The van der Waals surface area contributed by atoms with Crippen LogP contribution in [0.1, 0.15) is 26.7 Å². The smallest absolute Gasteiger partial charge is 0.241 e. The highest BCUT2D eigenvalue weighted by Crippen LogP contribution is 2.40. The van der Waals surface area contributed by atoms with Crippen molar-refractivity contribution in [3.8, 4) is 28.3 Å². The van der Waals surface area contributed by atoms with E-state index in [2.05, 4.69) is 5.10 Å². The van der Waals surface area contributed by atoms with Crippen molar-refractivity contribution in [2.45, 2.75) is 38.1 Å². The first kappa shape index (κ1) is 24.3. The molecular formula is C24H25FN2O5S. The summed E-state index contributed by atoms with van der Waals surface area (Å²) in [5.41, 5.74) is 2.15. The molecule has 0 atom stereocenters. The van der Waals surface area contributed by atoms with E-state index in [1.54, 1.807) is 38.1 Å². The molecule has 0 N–H and O–H groups in total. The summed E-state index contributed by atoms with van der Waals surface area (Å²) in [5, 5.41) is 4.46. The van der Waals surface area contributed by atoms with Crippen LogP contribution < -0.4 is 4.74 Å². The Morgan fingerprint density at radius 2 is 1.52 bits per heavy atom. The number of ketones is 2. The minimum absolute atomic E-state index is 0.0427. The van der Waals surface area contributed by atoms with E-state index in [0.29, 0.717) is 35.2 Å². The Morgan fingerprint density at radius 3 is 2.06 bits per heavy atom. The molecule has 33 heavy (non-hydrogen) atoms. The zero-order chi connectivity index (χ0) is 24.2. The van der Waals surface area contributed by atoms with Gasteiger partial charge in [-0.1, -0.05) is 38.1 Å². The number of aromatic nitrogens is 2. The van der Waals surface area contributed by atoms with Crippen molar-refractivity contribution in [1.29, 1.82) is 0 Å². The number of hydrogen-bond acceptors (Lipinski definition) is 6. The molecule has 0 unspecified atom stereocenters. The fraction of sp³-hybridized carbons (Fsp3) is 0.292. The van der Waals surface area contributed by atoms with E-state index in [9.17, 15) is 22.4 Å². The second-order valence-electron chi connectivity index (χ2n) is 7.56. The summed E-state index contributed by atoms with van der Waals surface area (Å²) >= 11 is 0. The Morgan fingerprint density at radius 1 is 0.939 bits per heavy atom. The molecule has 174 valence electrons. The fourth-order valence-corrected chi connectivity index (χ4v) is 3.85. The van der Waals surface area contributed by atoms with Gasteiger partial charge in [0.1, 0.15) is 19.0 Å². The maximum absolute atomic E-state index is 13.6. The molecule has 0 radical (unpaired) electrons. The number of sulfone groups is 1. The van der Waals surface area contributed by atoms with Gasteiger partial charge in [0, 0.05) is 24.7 Å².